The van der Waals surface area contributed by atoms with E-state index in [0.717, 1.165) is 0 Å². The molecule has 1 spiro atoms. The van der Waals surface area contributed by atoms with Gasteiger partial charge in [-0.05, 0) is 32.6 Å². The van der Waals surface area contributed by atoms with Gasteiger partial charge in [0, 0.05) is 37.7 Å². The van der Waals surface area contributed by atoms with Crippen molar-refractivity contribution in [2.24, 2.45) is 28.6 Å². The SMILES string of the molecule is C=C1C(=O)[C@]23C[C@@]1(OC(C)=O)CC[C@H]2[C@@]12CC[C@H](OC(C)=O)C(C)(C(=O)O1)[C@H]2[C@@H]3C(=O)OC. The summed E-state index contributed by atoms with van der Waals surface area (Å²) in [5, 5.41) is 0. The maximum atomic E-state index is 13.9. The van der Waals surface area contributed by atoms with Crippen LogP contribution in [0.2, 0.25) is 0 Å². The van der Waals surface area contributed by atoms with Gasteiger partial charge >= 0.3 is 23.9 Å². The Kier molecular flexibility index (Phi) is 4.32. The number of methoxy groups -OCH3 is 1. The van der Waals surface area contributed by atoms with Gasteiger partial charge in [-0.15, -0.1) is 0 Å². The highest BCUT2D eigenvalue weighted by molar-refractivity contribution is 6.08. The van der Waals surface area contributed by atoms with E-state index in [-0.39, 0.29) is 17.8 Å². The molecule has 5 rings (SSSR count). The van der Waals surface area contributed by atoms with Crippen molar-refractivity contribution in [3.8, 4) is 0 Å². The van der Waals surface area contributed by atoms with Crippen molar-refractivity contribution in [2.45, 2.75) is 70.2 Å². The standard InChI is InChI=1S/C24H28O9/c1-11-18(27)23-10-22(11,32-13(3)26)8-6-14(23)24-9-7-15(31-12(2)25)21(4,20(29)33-24)17(24)16(23)19(28)30-5/h14-17H,1,6-10H2,2-5H3/t14-,15+,16-,17-,21?,22+,23-,24-/m1/s1. The molecule has 0 amide bonds. The molecule has 33 heavy (non-hydrogen) atoms. The molecule has 5 fully saturated rings. The minimum absolute atomic E-state index is 0.103. The number of ketones is 1. The van der Waals surface area contributed by atoms with Gasteiger partial charge in [-0.25, -0.2) is 0 Å². The molecule has 1 aliphatic heterocycles. The Labute approximate surface area is 191 Å². The van der Waals surface area contributed by atoms with E-state index in [1.165, 1.54) is 21.0 Å². The average molecular weight is 460 g/mol. The topological polar surface area (TPSA) is 122 Å². The fourth-order valence-corrected chi connectivity index (χ4v) is 8.29. The van der Waals surface area contributed by atoms with Crippen LogP contribution in [0.5, 0.6) is 0 Å². The number of ether oxygens (including phenoxy) is 4. The highest BCUT2D eigenvalue weighted by Crippen LogP contribution is 2.78. The van der Waals surface area contributed by atoms with Crippen molar-refractivity contribution < 1.29 is 42.9 Å². The second kappa shape index (κ2) is 6.45. The Morgan fingerprint density at radius 2 is 1.79 bits per heavy atom. The number of hydrogen-bond acceptors (Lipinski definition) is 9. The van der Waals surface area contributed by atoms with Crippen molar-refractivity contribution in [1.29, 1.82) is 0 Å². The second-order valence-corrected chi connectivity index (χ2v) is 10.4. The number of rotatable bonds is 3. The lowest BCUT2D eigenvalue weighted by Gasteiger charge is -2.46. The molecule has 0 N–H and O–H groups in total. The largest absolute Gasteiger partial charge is 0.469 e. The van der Waals surface area contributed by atoms with Crippen LogP contribution in [0.15, 0.2) is 12.2 Å². The molecule has 8 atom stereocenters. The molecular formula is C24H28O9. The average Bonchev–Trinajstić information content (AvgIpc) is 3.15. The molecular weight excluding hydrogens is 432 g/mol. The quantitative estimate of drug-likeness (QED) is 0.351. The smallest absolute Gasteiger partial charge is 0.316 e. The molecule has 9 heteroatoms. The van der Waals surface area contributed by atoms with Gasteiger partial charge in [0.25, 0.3) is 0 Å². The lowest BCUT2D eigenvalue weighted by Crippen LogP contribution is -2.54. The zero-order valence-electron chi connectivity index (χ0n) is 19.2. The van der Waals surface area contributed by atoms with Crippen LogP contribution in [-0.4, -0.2) is 54.1 Å². The number of Topliss-reactive ketones (excluding diaryl/α,β-unsaturated/α-hetero) is 1. The van der Waals surface area contributed by atoms with E-state index >= 15 is 0 Å². The Hall–Kier alpha value is -2.71. The lowest BCUT2D eigenvalue weighted by molar-refractivity contribution is -0.173. The summed E-state index contributed by atoms with van der Waals surface area (Å²) in [4.78, 5) is 64.4. The summed E-state index contributed by atoms with van der Waals surface area (Å²) in [6.45, 7) is 8.20. The predicted octanol–water partition coefficient (Wildman–Crippen LogP) is 1.66. The van der Waals surface area contributed by atoms with Crippen LogP contribution in [0.4, 0.5) is 0 Å². The molecule has 1 saturated heterocycles. The molecule has 5 aliphatic rings. The Morgan fingerprint density at radius 3 is 2.39 bits per heavy atom. The first kappa shape index (κ1) is 22.1. The van der Waals surface area contributed by atoms with Gasteiger partial charge in [-0.2, -0.15) is 0 Å². The minimum Gasteiger partial charge on any atom is -0.469 e. The summed E-state index contributed by atoms with van der Waals surface area (Å²) in [6.07, 6.45) is 0.827. The summed E-state index contributed by atoms with van der Waals surface area (Å²) in [5.74, 6) is -4.75. The van der Waals surface area contributed by atoms with Crippen LogP contribution < -0.4 is 0 Å². The predicted molar refractivity (Wildman–Crippen MR) is 109 cm³/mol. The maximum Gasteiger partial charge on any atom is 0.316 e. The van der Waals surface area contributed by atoms with Gasteiger partial charge in [-0.3, -0.25) is 24.0 Å². The number of carbonyl (C=O) groups excluding carboxylic acids is 5. The van der Waals surface area contributed by atoms with Gasteiger partial charge in [0.15, 0.2) is 5.78 Å². The van der Waals surface area contributed by atoms with Gasteiger partial charge in [0.1, 0.15) is 22.7 Å². The maximum absolute atomic E-state index is 13.9. The van der Waals surface area contributed by atoms with Crippen LogP contribution >= 0.6 is 0 Å². The Balaban J connectivity index is 1.72. The molecule has 0 aromatic carbocycles. The third kappa shape index (κ3) is 2.30. The van der Waals surface area contributed by atoms with Crippen LogP contribution in [0.1, 0.15) is 52.9 Å². The third-order valence-electron chi connectivity index (χ3n) is 9.23. The van der Waals surface area contributed by atoms with Crippen molar-refractivity contribution in [1.82, 2.24) is 0 Å². The van der Waals surface area contributed by atoms with E-state index in [9.17, 15) is 24.0 Å². The van der Waals surface area contributed by atoms with Crippen LogP contribution in [-0.2, 0) is 42.9 Å². The summed E-state index contributed by atoms with van der Waals surface area (Å²) < 4.78 is 22.5. The normalized spacial score (nSPS) is 46.8. The highest BCUT2D eigenvalue weighted by Gasteiger charge is 2.87. The minimum atomic E-state index is -1.32. The molecule has 4 bridgehead atoms. The molecule has 0 aromatic heterocycles. The second-order valence-electron chi connectivity index (χ2n) is 10.4. The van der Waals surface area contributed by atoms with Gasteiger partial charge < -0.3 is 18.9 Å². The monoisotopic (exact) mass is 460 g/mol. The van der Waals surface area contributed by atoms with E-state index in [2.05, 4.69) is 6.58 Å². The number of hydrogen-bond donors (Lipinski definition) is 0. The molecule has 4 saturated carbocycles. The molecule has 9 nitrogen and oxygen atoms in total. The first-order valence-electron chi connectivity index (χ1n) is 11.3. The summed E-state index contributed by atoms with van der Waals surface area (Å²) >= 11 is 0. The van der Waals surface area contributed by atoms with E-state index in [1.807, 2.05) is 0 Å². The number of fused-ring (bicyclic) bond motifs is 1. The van der Waals surface area contributed by atoms with Crippen molar-refractivity contribution in [3.05, 3.63) is 12.2 Å². The van der Waals surface area contributed by atoms with E-state index < -0.39 is 69.8 Å². The fraction of sp³-hybridized carbons (Fsp3) is 0.708. The van der Waals surface area contributed by atoms with Gasteiger partial charge in [0.2, 0.25) is 0 Å². The first-order valence-corrected chi connectivity index (χ1v) is 11.3. The van der Waals surface area contributed by atoms with Gasteiger partial charge in [0.05, 0.1) is 18.4 Å². The van der Waals surface area contributed by atoms with Crippen molar-refractivity contribution >= 4 is 29.7 Å². The molecule has 178 valence electrons. The Bertz CT molecular complexity index is 1030. The van der Waals surface area contributed by atoms with Crippen molar-refractivity contribution in [3.63, 3.8) is 0 Å². The summed E-state index contributed by atoms with van der Waals surface area (Å²) in [7, 11) is 1.24. The summed E-state index contributed by atoms with van der Waals surface area (Å²) in [6, 6.07) is 0. The Morgan fingerprint density at radius 1 is 1.09 bits per heavy atom. The zero-order chi connectivity index (χ0) is 24.1. The van der Waals surface area contributed by atoms with E-state index in [0.29, 0.717) is 25.7 Å². The molecule has 1 unspecified atom stereocenters. The number of carbonyl (C=O) groups is 5. The zero-order valence-corrected chi connectivity index (χ0v) is 19.2. The van der Waals surface area contributed by atoms with Crippen LogP contribution in [0, 0.1) is 28.6 Å². The molecule has 1 heterocycles. The summed E-state index contributed by atoms with van der Waals surface area (Å²) in [5.41, 5.74) is -4.66. The van der Waals surface area contributed by atoms with Crippen LogP contribution in [0.25, 0.3) is 0 Å². The number of esters is 4. The third-order valence-corrected chi connectivity index (χ3v) is 9.23. The first-order chi connectivity index (χ1) is 15.4. The van der Waals surface area contributed by atoms with Crippen molar-refractivity contribution in [2.75, 3.05) is 7.11 Å². The molecule has 0 radical (unpaired) electrons. The molecule has 0 aromatic rings. The fourth-order valence-electron chi connectivity index (χ4n) is 8.29. The molecule has 4 aliphatic carbocycles. The van der Waals surface area contributed by atoms with E-state index in [4.69, 9.17) is 18.9 Å². The van der Waals surface area contributed by atoms with Gasteiger partial charge in [-0.1, -0.05) is 6.58 Å². The van der Waals surface area contributed by atoms with E-state index in [1.54, 1.807) is 6.92 Å². The lowest BCUT2D eigenvalue weighted by atomic mass is 9.58. The highest BCUT2D eigenvalue weighted by atomic mass is 16.6. The van der Waals surface area contributed by atoms with Crippen LogP contribution in [0.3, 0.4) is 0 Å².